The van der Waals surface area contributed by atoms with Gasteiger partial charge in [-0.15, -0.1) is 0 Å². The van der Waals surface area contributed by atoms with E-state index in [-0.39, 0.29) is 24.3 Å². The lowest BCUT2D eigenvalue weighted by atomic mass is 9.75. The van der Waals surface area contributed by atoms with Gasteiger partial charge in [-0.3, -0.25) is 4.79 Å². The molecular weight excluding hydrogens is 405 g/mol. The van der Waals surface area contributed by atoms with Crippen molar-refractivity contribution in [2.45, 2.75) is 32.1 Å². The average molecular weight is 421 g/mol. The molecule has 0 radical (unpaired) electrons. The highest BCUT2D eigenvalue weighted by molar-refractivity contribution is 14.1. The molecule has 1 unspecified atom stereocenters. The standard InChI is InChI=1S/C18H16INO3/c1-9-5-6-10(7-11(9)19)15-16-12(3-2-4-14(16)21)20-13-8-23-18(22)17(13)15/h5-7,15,20H,2-4,8H2,1H3. The number of ether oxygens (including phenoxy) is 1. The van der Waals surface area contributed by atoms with Gasteiger partial charge in [0.25, 0.3) is 0 Å². The van der Waals surface area contributed by atoms with Gasteiger partial charge in [0.2, 0.25) is 0 Å². The second-order valence-corrected chi connectivity index (χ2v) is 7.37. The zero-order valence-corrected chi connectivity index (χ0v) is 14.9. The highest BCUT2D eigenvalue weighted by Crippen LogP contribution is 2.44. The summed E-state index contributed by atoms with van der Waals surface area (Å²) >= 11 is 2.30. The quantitative estimate of drug-likeness (QED) is 0.560. The third-order valence-corrected chi connectivity index (χ3v) is 5.92. The molecule has 4 rings (SSSR count). The number of cyclic esters (lactones) is 1. The number of ketones is 1. The lowest BCUT2D eigenvalue weighted by Gasteiger charge is -2.32. The fourth-order valence-electron chi connectivity index (χ4n) is 3.59. The molecule has 4 nitrogen and oxygen atoms in total. The first-order valence-corrected chi connectivity index (χ1v) is 8.83. The van der Waals surface area contributed by atoms with Crippen LogP contribution in [0, 0.1) is 10.5 Å². The summed E-state index contributed by atoms with van der Waals surface area (Å²) < 4.78 is 6.37. The molecule has 0 bridgehead atoms. The molecule has 1 aromatic rings. The predicted octanol–water partition coefficient (Wildman–Crippen LogP) is 3.10. The summed E-state index contributed by atoms with van der Waals surface area (Å²) in [6, 6.07) is 6.15. The van der Waals surface area contributed by atoms with Crippen molar-refractivity contribution >= 4 is 34.3 Å². The van der Waals surface area contributed by atoms with E-state index in [0.717, 1.165) is 38.9 Å². The summed E-state index contributed by atoms with van der Waals surface area (Å²) in [6.07, 6.45) is 2.27. The second-order valence-electron chi connectivity index (χ2n) is 6.20. The van der Waals surface area contributed by atoms with Gasteiger partial charge < -0.3 is 10.1 Å². The third kappa shape index (κ3) is 2.33. The minimum absolute atomic E-state index is 0.144. The summed E-state index contributed by atoms with van der Waals surface area (Å²) in [5.41, 5.74) is 5.35. The summed E-state index contributed by atoms with van der Waals surface area (Å²) in [5, 5.41) is 3.29. The lowest BCUT2D eigenvalue weighted by molar-refractivity contribution is -0.136. The highest BCUT2D eigenvalue weighted by Gasteiger charge is 2.42. The van der Waals surface area contributed by atoms with Crippen LogP contribution >= 0.6 is 22.6 Å². The Kier molecular flexibility index (Phi) is 3.55. The first kappa shape index (κ1) is 14.9. The van der Waals surface area contributed by atoms with Gasteiger partial charge in [-0.1, -0.05) is 12.1 Å². The van der Waals surface area contributed by atoms with E-state index in [1.165, 1.54) is 5.56 Å². The Morgan fingerprint density at radius 1 is 1.17 bits per heavy atom. The van der Waals surface area contributed by atoms with E-state index < -0.39 is 0 Å². The fraction of sp³-hybridized carbons (Fsp3) is 0.333. The van der Waals surface area contributed by atoms with Gasteiger partial charge in [0.05, 0.1) is 11.3 Å². The number of benzene rings is 1. The Balaban J connectivity index is 1.91. The van der Waals surface area contributed by atoms with Crippen molar-refractivity contribution in [3.63, 3.8) is 0 Å². The minimum Gasteiger partial charge on any atom is -0.456 e. The number of esters is 1. The molecule has 2 heterocycles. The molecular formula is C18H16INO3. The lowest BCUT2D eigenvalue weighted by Crippen LogP contribution is -2.32. The van der Waals surface area contributed by atoms with Gasteiger partial charge in [-0.2, -0.15) is 0 Å². The van der Waals surface area contributed by atoms with Crippen molar-refractivity contribution in [2.24, 2.45) is 0 Å². The predicted molar refractivity (Wildman–Crippen MR) is 93.6 cm³/mol. The third-order valence-electron chi connectivity index (χ3n) is 4.76. The van der Waals surface area contributed by atoms with E-state index >= 15 is 0 Å². The van der Waals surface area contributed by atoms with Crippen LogP contribution in [-0.4, -0.2) is 18.4 Å². The SMILES string of the molecule is Cc1ccc(C2C3=C(CCCC3=O)NC3=C2C(=O)OC3)cc1I. The number of hydrogen-bond donors (Lipinski definition) is 1. The number of aryl methyl sites for hydroxylation is 1. The van der Waals surface area contributed by atoms with E-state index in [1.54, 1.807) is 0 Å². The number of hydrogen-bond acceptors (Lipinski definition) is 4. The Morgan fingerprint density at radius 2 is 2.00 bits per heavy atom. The smallest absolute Gasteiger partial charge is 0.337 e. The largest absolute Gasteiger partial charge is 0.456 e. The van der Waals surface area contributed by atoms with E-state index in [0.29, 0.717) is 12.0 Å². The van der Waals surface area contributed by atoms with Crippen LogP contribution in [0.1, 0.15) is 36.3 Å². The van der Waals surface area contributed by atoms with Crippen LogP contribution < -0.4 is 5.32 Å². The summed E-state index contributed by atoms with van der Waals surface area (Å²) in [5.74, 6) is -0.457. The molecule has 0 aromatic heterocycles. The van der Waals surface area contributed by atoms with Gasteiger partial charge in [-0.25, -0.2) is 4.79 Å². The van der Waals surface area contributed by atoms with Crippen LogP contribution in [-0.2, 0) is 14.3 Å². The number of halogens is 1. The molecule has 0 saturated carbocycles. The van der Waals surface area contributed by atoms with E-state index in [1.807, 2.05) is 12.1 Å². The average Bonchev–Trinajstić information content (AvgIpc) is 2.90. The number of Topliss-reactive ketones (excluding diaryl/α,β-unsaturated/α-hetero) is 1. The zero-order valence-electron chi connectivity index (χ0n) is 12.7. The summed E-state index contributed by atoms with van der Waals surface area (Å²) in [4.78, 5) is 24.9. The summed E-state index contributed by atoms with van der Waals surface area (Å²) in [7, 11) is 0. The summed E-state index contributed by atoms with van der Waals surface area (Å²) in [6.45, 7) is 2.33. The van der Waals surface area contributed by atoms with Gasteiger partial charge in [-0.05, 0) is 59.5 Å². The molecule has 118 valence electrons. The zero-order chi connectivity index (χ0) is 16.1. The highest BCUT2D eigenvalue weighted by atomic mass is 127. The van der Waals surface area contributed by atoms with Gasteiger partial charge in [0.1, 0.15) is 6.61 Å². The molecule has 0 saturated heterocycles. The molecule has 3 aliphatic rings. The van der Waals surface area contributed by atoms with E-state index in [2.05, 4.69) is 40.9 Å². The Bertz CT molecular complexity index is 806. The van der Waals surface area contributed by atoms with Crippen LogP contribution in [0.4, 0.5) is 0 Å². The number of carbonyl (C=O) groups is 2. The second kappa shape index (κ2) is 5.47. The Labute approximate surface area is 148 Å². The van der Waals surface area contributed by atoms with Crippen LogP contribution in [0.3, 0.4) is 0 Å². The number of carbonyl (C=O) groups excluding carboxylic acids is 2. The molecule has 1 atom stereocenters. The first-order chi connectivity index (χ1) is 11.1. The normalized spacial score (nSPS) is 23.5. The van der Waals surface area contributed by atoms with Crippen LogP contribution in [0.5, 0.6) is 0 Å². The van der Waals surface area contributed by atoms with Crippen molar-refractivity contribution in [2.75, 3.05) is 6.61 Å². The first-order valence-electron chi connectivity index (χ1n) is 7.75. The van der Waals surface area contributed by atoms with Crippen molar-refractivity contribution < 1.29 is 14.3 Å². The van der Waals surface area contributed by atoms with E-state index in [4.69, 9.17) is 4.74 Å². The van der Waals surface area contributed by atoms with E-state index in [9.17, 15) is 9.59 Å². The maximum Gasteiger partial charge on any atom is 0.337 e. The van der Waals surface area contributed by atoms with Crippen LogP contribution in [0.25, 0.3) is 0 Å². The Hall–Kier alpha value is -1.63. The van der Waals surface area contributed by atoms with Gasteiger partial charge >= 0.3 is 5.97 Å². The maximum absolute atomic E-state index is 12.6. The molecule has 1 aromatic carbocycles. The molecule has 23 heavy (non-hydrogen) atoms. The monoisotopic (exact) mass is 421 g/mol. The van der Waals surface area contributed by atoms with Crippen LogP contribution in [0.2, 0.25) is 0 Å². The number of allylic oxidation sites excluding steroid dienone is 2. The van der Waals surface area contributed by atoms with Crippen molar-refractivity contribution in [3.05, 3.63) is 55.4 Å². The molecule has 1 aliphatic carbocycles. The van der Waals surface area contributed by atoms with Crippen molar-refractivity contribution in [3.8, 4) is 0 Å². The molecule has 2 aliphatic heterocycles. The molecule has 0 amide bonds. The maximum atomic E-state index is 12.6. The topological polar surface area (TPSA) is 55.4 Å². The number of dihydropyridines is 1. The van der Waals surface area contributed by atoms with Crippen molar-refractivity contribution in [1.29, 1.82) is 0 Å². The van der Waals surface area contributed by atoms with Crippen molar-refractivity contribution in [1.82, 2.24) is 5.32 Å². The minimum atomic E-state index is -0.307. The molecule has 0 spiro atoms. The van der Waals surface area contributed by atoms with Gasteiger partial charge in [0.15, 0.2) is 5.78 Å². The fourth-order valence-corrected chi connectivity index (χ4v) is 4.13. The number of nitrogens with one attached hydrogen (secondary N) is 1. The molecule has 1 N–H and O–H groups in total. The van der Waals surface area contributed by atoms with Gasteiger partial charge in [0, 0.05) is 27.2 Å². The van der Waals surface area contributed by atoms with Crippen LogP contribution in [0.15, 0.2) is 40.7 Å². The molecule has 5 heteroatoms. The Morgan fingerprint density at radius 3 is 2.78 bits per heavy atom. The number of rotatable bonds is 1. The molecule has 0 fully saturated rings.